The van der Waals surface area contributed by atoms with Gasteiger partial charge in [-0.15, -0.1) is 0 Å². The van der Waals surface area contributed by atoms with Crippen LogP contribution in [0.4, 0.5) is 0 Å². The third-order valence-electron chi connectivity index (χ3n) is 9.68. The molecule has 2 heterocycles. The Balaban J connectivity index is 1.66. The van der Waals surface area contributed by atoms with Crippen LogP contribution in [0.15, 0.2) is 30.3 Å². The number of benzene rings is 1. The highest BCUT2D eigenvalue weighted by atomic mass is 16.8. The molecule has 0 unspecified atom stereocenters. The van der Waals surface area contributed by atoms with E-state index in [1.165, 1.54) is 34.1 Å². The zero-order valence-electron chi connectivity index (χ0n) is 32.3. The highest BCUT2D eigenvalue weighted by Gasteiger charge is 2.58. The fourth-order valence-electron chi connectivity index (χ4n) is 7.50. The van der Waals surface area contributed by atoms with Gasteiger partial charge in [-0.2, -0.15) is 0 Å². The predicted octanol–water partition coefficient (Wildman–Crippen LogP) is 4.10. The number of esters is 3. The van der Waals surface area contributed by atoms with Crippen LogP contribution in [0.3, 0.4) is 0 Å². The summed E-state index contributed by atoms with van der Waals surface area (Å²) in [6.45, 7) is 11.9. The zero-order valence-corrected chi connectivity index (χ0v) is 32.3. The van der Waals surface area contributed by atoms with Crippen LogP contribution in [0, 0.1) is 5.92 Å². The Morgan fingerprint density at radius 1 is 0.811 bits per heavy atom. The Labute approximate surface area is 313 Å². The number of fused-ring (bicyclic) bond motifs is 1. The summed E-state index contributed by atoms with van der Waals surface area (Å²) in [6.07, 6.45) is 1.73. The van der Waals surface area contributed by atoms with E-state index in [-0.39, 0.29) is 18.4 Å². The third kappa shape index (κ3) is 13.0. The Bertz CT molecular complexity index is 1330. The van der Waals surface area contributed by atoms with Gasteiger partial charge in [0.15, 0.2) is 12.1 Å². The van der Waals surface area contributed by atoms with Gasteiger partial charge in [0, 0.05) is 40.2 Å². The number of unbranched alkanes of at least 4 members (excludes halogenated alkanes) is 5. The summed E-state index contributed by atoms with van der Waals surface area (Å²) < 4.78 is 49.1. The number of hydrogen-bond donors (Lipinski definition) is 2. The minimum atomic E-state index is -1.07. The molecule has 14 heteroatoms. The van der Waals surface area contributed by atoms with Crippen LogP contribution in [0.1, 0.15) is 99.0 Å². The van der Waals surface area contributed by atoms with Crippen LogP contribution in [0.25, 0.3) is 0 Å². The molecule has 10 atom stereocenters. The second kappa shape index (κ2) is 20.5. The lowest BCUT2D eigenvalue weighted by Crippen LogP contribution is -2.73. The van der Waals surface area contributed by atoms with Crippen LogP contribution in [0.2, 0.25) is 0 Å². The Morgan fingerprint density at radius 2 is 1.49 bits per heavy atom. The van der Waals surface area contributed by atoms with Gasteiger partial charge in [-0.3, -0.25) is 24.5 Å². The van der Waals surface area contributed by atoms with Crippen molar-refractivity contribution >= 4 is 23.8 Å². The SMILES string of the molecule is CCCCCCCCO[C@@H]1O[C@H](COC(C)=O)[C@@H](OC(C)=O)[C@H](N[C@H]2[C@H]3OC(C)(C)O[C@H]3[C@@H](COCc3ccccc3)C[C@@H]2OC(C)=O)[C@H]1NC(C)=O. The lowest BCUT2D eigenvalue weighted by molar-refractivity contribution is -0.258. The molecular weight excluding hydrogens is 688 g/mol. The van der Waals surface area contributed by atoms with E-state index >= 15 is 0 Å². The van der Waals surface area contributed by atoms with Crippen molar-refractivity contribution < 1.29 is 57.1 Å². The van der Waals surface area contributed by atoms with Crippen molar-refractivity contribution in [3.8, 4) is 0 Å². The number of carbonyl (C=O) groups is 4. The van der Waals surface area contributed by atoms with Gasteiger partial charge in [-0.05, 0) is 32.3 Å². The number of amides is 1. The smallest absolute Gasteiger partial charge is 0.303 e. The number of rotatable bonds is 19. The van der Waals surface area contributed by atoms with Gasteiger partial charge in [0.1, 0.15) is 31.0 Å². The standard InChI is InChI=1S/C39H60N2O12/c1-8-9-10-11-12-16-19-47-38-34(40-24(2)42)33(36(50-27(5)45)31(51-38)23-48-25(3)43)41-32-30(49-26(4)44)20-29(35-37(32)53-39(6,7)52-35)22-46-21-28-17-14-13-15-18-28/h13-15,17-18,29-38,41H,8-12,16,19-23H2,1-7H3,(H,40,42)/t29-,30+,31-,32-,33-,34-,35+,36-,37-,38-/m1/s1. The van der Waals surface area contributed by atoms with Crippen LogP contribution in [-0.2, 0) is 63.7 Å². The molecule has 53 heavy (non-hydrogen) atoms. The first-order valence-corrected chi connectivity index (χ1v) is 19.0. The van der Waals surface area contributed by atoms with E-state index in [4.69, 9.17) is 37.9 Å². The van der Waals surface area contributed by atoms with E-state index in [0.717, 1.165) is 37.7 Å². The van der Waals surface area contributed by atoms with Gasteiger partial charge in [0.2, 0.25) is 5.91 Å². The number of hydrogen-bond acceptors (Lipinski definition) is 13. The first-order valence-electron chi connectivity index (χ1n) is 19.0. The average molecular weight is 749 g/mol. The Hall–Kier alpha value is -3.14. The third-order valence-corrected chi connectivity index (χ3v) is 9.68. The molecule has 1 amide bonds. The molecule has 1 aliphatic carbocycles. The molecule has 2 N–H and O–H groups in total. The fraction of sp³-hybridized carbons (Fsp3) is 0.744. The minimum absolute atomic E-state index is 0.205. The van der Waals surface area contributed by atoms with E-state index in [0.29, 0.717) is 26.2 Å². The minimum Gasteiger partial charge on any atom is -0.463 e. The fourth-order valence-corrected chi connectivity index (χ4v) is 7.50. The Kier molecular flexibility index (Phi) is 16.5. The summed E-state index contributed by atoms with van der Waals surface area (Å²) in [5.41, 5.74) is 1.02. The summed E-state index contributed by atoms with van der Waals surface area (Å²) in [4.78, 5) is 50.0. The highest BCUT2D eigenvalue weighted by molar-refractivity contribution is 5.73. The molecule has 0 radical (unpaired) electrons. The monoisotopic (exact) mass is 748 g/mol. The van der Waals surface area contributed by atoms with Gasteiger partial charge in [0.25, 0.3) is 0 Å². The molecule has 298 valence electrons. The zero-order chi connectivity index (χ0) is 38.5. The van der Waals surface area contributed by atoms with Crippen molar-refractivity contribution in [2.45, 2.75) is 161 Å². The van der Waals surface area contributed by atoms with E-state index in [2.05, 4.69) is 17.6 Å². The molecule has 0 aromatic heterocycles. The van der Waals surface area contributed by atoms with E-state index in [1.807, 2.05) is 44.2 Å². The van der Waals surface area contributed by atoms with Crippen molar-refractivity contribution in [2.24, 2.45) is 5.92 Å². The van der Waals surface area contributed by atoms with Crippen molar-refractivity contribution in [1.29, 1.82) is 0 Å². The van der Waals surface area contributed by atoms with Crippen molar-refractivity contribution in [3.05, 3.63) is 35.9 Å². The second-order valence-electron chi connectivity index (χ2n) is 14.7. The lowest BCUT2D eigenvalue weighted by Gasteiger charge is -2.49. The molecule has 3 aliphatic rings. The molecule has 14 nitrogen and oxygen atoms in total. The molecule has 1 aromatic carbocycles. The summed E-state index contributed by atoms with van der Waals surface area (Å²) in [5.74, 6) is -3.20. The highest BCUT2D eigenvalue weighted by Crippen LogP contribution is 2.42. The van der Waals surface area contributed by atoms with Gasteiger partial charge < -0.3 is 43.2 Å². The topological polar surface area (TPSA) is 166 Å². The van der Waals surface area contributed by atoms with Crippen LogP contribution >= 0.6 is 0 Å². The second-order valence-corrected chi connectivity index (χ2v) is 14.7. The van der Waals surface area contributed by atoms with E-state index in [9.17, 15) is 19.2 Å². The lowest BCUT2D eigenvalue weighted by atomic mass is 9.78. The van der Waals surface area contributed by atoms with Gasteiger partial charge in [-0.1, -0.05) is 69.4 Å². The molecule has 3 fully saturated rings. The maximum atomic E-state index is 12.8. The van der Waals surface area contributed by atoms with E-state index in [1.54, 1.807) is 0 Å². The molecule has 2 aliphatic heterocycles. The van der Waals surface area contributed by atoms with Gasteiger partial charge >= 0.3 is 17.9 Å². The quantitative estimate of drug-likeness (QED) is 0.118. The maximum Gasteiger partial charge on any atom is 0.303 e. The molecule has 1 saturated carbocycles. The number of nitrogens with one attached hydrogen (secondary N) is 2. The largest absolute Gasteiger partial charge is 0.463 e. The maximum absolute atomic E-state index is 12.8. The Morgan fingerprint density at radius 3 is 2.15 bits per heavy atom. The summed E-state index contributed by atoms with van der Waals surface area (Å²) in [6, 6.07) is 7.35. The van der Waals surface area contributed by atoms with Crippen molar-refractivity contribution in [3.63, 3.8) is 0 Å². The molecule has 0 bridgehead atoms. The molecular formula is C39H60N2O12. The van der Waals surface area contributed by atoms with Crippen molar-refractivity contribution in [2.75, 3.05) is 19.8 Å². The van der Waals surface area contributed by atoms with Gasteiger partial charge in [-0.25, -0.2) is 0 Å². The first-order chi connectivity index (χ1) is 25.3. The van der Waals surface area contributed by atoms with Crippen molar-refractivity contribution in [1.82, 2.24) is 10.6 Å². The molecule has 4 rings (SSSR count). The molecule has 0 spiro atoms. The normalized spacial score (nSPS) is 30.5. The van der Waals surface area contributed by atoms with E-state index < -0.39 is 78.6 Å². The molecule has 2 saturated heterocycles. The predicted molar refractivity (Wildman–Crippen MR) is 192 cm³/mol. The summed E-state index contributed by atoms with van der Waals surface area (Å²) in [7, 11) is 0. The first kappa shape index (κ1) is 42.6. The summed E-state index contributed by atoms with van der Waals surface area (Å²) >= 11 is 0. The van der Waals surface area contributed by atoms with Gasteiger partial charge in [0.05, 0.1) is 37.4 Å². The molecule has 1 aromatic rings. The van der Waals surface area contributed by atoms with Crippen LogP contribution < -0.4 is 10.6 Å². The number of ether oxygens (including phenoxy) is 8. The van der Waals surface area contributed by atoms with Crippen LogP contribution in [0.5, 0.6) is 0 Å². The average Bonchev–Trinajstić information content (AvgIpc) is 3.42. The number of carbonyl (C=O) groups excluding carboxylic acids is 4. The summed E-state index contributed by atoms with van der Waals surface area (Å²) in [5, 5.41) is 6.56. The van der Waals surface area contributed by atoms with Crippen LogP contribution in [-0.4, -0.2) is 104 Å².